The van der Waals surface area contributed by atoms with Gasteiger partial charge < -0.3 is 14.6 Å². The molecular formula is C14H16O4. The zero-order valence-corrected chi connectivity index (χ0v) is 10.7. The first-order valence-corrected chi connectivity index (χ1v) is 5.80. The Morgan fingerprint density at radius 1 is 1.56 bits per heavy atom. The fourth-order valence-electron chi connectivity index (χ4n) is 2.04. The van der Waals surface area contributed by atoms with E-state index in [9.17, 15) is 4.79 Å². The topological polar surface area (TPSA) is 55.8 Å². The molecule has 0 radical (unpaired) electrons. The molecule has 4 heteroatoms. The molecule has 1 aliphatic heterocycles. The minimum Gasteiger partial charge on any atom is -0.496 e. The van der Waals surface area contributed by atoms with Gasteiger partial charge in [-0.25, -0.2) is 4.79 Å². The Balaban J connectivity index is 2.45. The third-order valence-electron chi connectivity index (χ3n) is 2.96. The standard InChI is InChI=1S/C14H16O4/c1-8(14(15)16)4-10-7-13-11(5-9(2)18-13)6-12(10)17-3/h4,6-7,9H,5H2,1-3H3,(H,15,16)/b8-4-. The highest BCUT2D eigenvalue weighted by Gasteiger charge is 2.21. The molecule has 0 amide bonds. The van der Waals surface area contributed by atoms with Crippen molar-refractivity contribution in [3.8, 4) is 11.5 Å². The first kappa shape index (κ1) is 12.5. The summed E-state index contributed by atoms with van der Waals surface area (Å²) in [5, 5.41) is 8.90. The van der Waals surface area contributed by atoms with Crippen molar-refractivity contribution in [1.29, 1.82) is 0 Å². The highest BCUT2D eigenvalue weighted by molar-refractivity contribution is 5.92. The van der Waals surface area contributed by atoms with Gasteiger partial charge in [-0.05, 0) is 32.1 Å². The van der Waals surface area contributed by atoms with Crippen LogP contribution in [0.5, 0.6) is 11.5 Å². The van der Waals surface area contributed by atoms with Crippen LogP contribution < -0.4 is 9.47 Å². The van der Waals surface area contributed by atoms with E-state index >= 15 is 0 Å². The van der Waals surface area contributed by atoms with Gasteiger partial charge in [-0.1, -0.05) is 0 Å². The van der Waals surface area contributed by atoms with E-state index in [2.05, 4.69) is 0 Å². The third kappa shape index (κ3) is 2.32. The molecule has 1 heterocycles. The number of carbonyl (C=O) groups is 1. The fourth-order valence-corrected chi connectivity index (χ4v) is 2.04. The summed E-state index contributed by atoms with van der Waals surface area (Å²) in [6.07, 6.45) is 2.60. The van der Waals surface area contributed by atoms with Gasteiger partial charge in [0.25, 0.3) is 0 Å². The van der Waals surface area contributed by atoms with Crippen LogP contribution in [0.2, 0.25) is 0 Å². The Morgan fingerprint density at radius 2 is 2.28 bits per heavy atom. The second-order valence-corrected chi connectivity index (χ2v) is 4.47. The number of methoxy groups -OCH3 is 1. The van der Waals surface area contributed by atoms with Gasteiger partial charge in [-0.2, -0.15) is 0 Å². The molecule has 1 aromatic rings. The highest BCUT2D eigenvalue weighted by Crippen LogP contribution is 2.35. The van der Waals surface area contributed by atoms with E-state index in [1.165, 1.54) is 0 Å². The van der Waals surface area contributed by atoms with E-state index in [4.69, 9.17) is 14.6 Å². The molecule has 1 N–H and O–H groups in total. The van der Waals surface area contributed by atoms with E-state index in [1.807, 2.05) is 19.1 Å². The van der Waals surface area contributed by atoms with Crippen molar-refractivity contribution in [3.05, 3.63) is 28.8 Å². The van der Waals surface area contributed by atoms with Gasteiger partial charge in [-0.3, -0.25) is 0 Å². The average Bonchev–Trinajstić information content (AvgIpc) is 2.66. The van der Waals surface area contributed by atoms with Crippen molar-refractivity contribution in [2.75, 3.05) is 7.11 Å². The molecule has 0 saturated heterocycles. The van der Waals surface area contributed by atoms with Gasteiger partial charge in [0.05, 0.1) is 7.11 Å². The molecular weight excluding hydrogens is 232 g/mol. The van der Waals surface area contributed by atoms with Gasteiger partial charge in [0, 0.05) is 23.1 Å². The first-order valence-electron chi connectivity index (χ1n) is 5.80. The number of ether oxygens (including phenoxy) is 2. The molecule has 1 unspecified atom stereocenters. The Morgan fingerprint density at radius 3 is 2.89 bits per heavy atom. The van der Waals surface area contributed by atoms with Crippen molar-refractivity contribution >= 4 is 12.0 Å². The Bertz CT molecular complexity index is 517. The van der Waals surface area contributed by atoms with Crippen molar-refractivity contribution in [2.45, 2.75) is 26.4 Å². The van der Waals surface area contributed by atoms with Crippen molar-refractivity contribution in [1.82, 2.24) is 0 Å². The number of hydrogen-bond donors (Lipinski definition) is 1. The second-order valence-electron chi connectivity index (χ2n) is 4.47. The van der Waals surface area contributed by atoms with Gasteiger partial charge in [0.2, 0.25) is 0 Å². The molecule has 0 saturated carbocycles. The molecule has 96 valence electrons. The predicted octanol–water partition coefficient (Wildman–Crippen LogP) is 2.51. The van der Waals surface area contributed by atoms with Crippen LogP contribution in [0.25, 0.3) is 6.08 Å². The monoisotopic (exact) mass is 248 g/mol. The molecule has 1 atom stereocenters. The molecule has 0 fully saturated rings. The summed E-state index contributed by atoms with van der Waals surface area (Å²) < 4.78 is 11.0. The van der Waals surface area contributed by atoms with Gasteiger partial charge >= 0.3 is 5.97 Å². The molecule has 0 aliphatic carbocycles. The fraction of sp³-hybridized carbons (Fsp3) is 0.357. The van der Waals surface area contributed by atoms with Gasteiger partial charge in [0.15, 0.2) is 0 Å². The van der Waals surface area contributed by atoms with Crippen LogP contribution in [0, 0.1) is 0 Å². The maximum atomic E-state index is 10.8. The number of carboxylic acids is 1. The van der Waals surface area contributed by atoms with E-state index in [0.29, 0.717) is 5.75 Å². The molecule has 18 heavy (non-hydrogen) atoms. The van der Waals surface area contributed by atoms with Crippen LogP contribution >= 0.6 is 0 Å². The lowest BCUT2D eigenvalue weighted by molar-refractivity contribution is -0.132. The van der Waals surface area contributed by atoms with E-state index in [0.717, 1.165) is 23.3 Å². The summed E-state index contributed by atoms with van der Waals surface area (Å²) in [5.41, 5.74) is 2.09. The normalized spacial score (nSPS) is 18.2. The number of rotatable bonds is 3. The molecule has 1 aromatic carbocycles. The van der Waals surface area contributed by atoms with Crippen LogP contribution in [0.4, 0.5) is 0 Å². The lowest BCUT2D eigenvalue weighted by Gasteiger charge is -2.08. The summed E-state index contributed by atoms with van der Waals surface area (Å²) >= 11 is 0. The van der Waals surface area contributed by atoms with E-state index < -0.39 is 5.97 Å². The number of hydrogen-bond acceptors (Lipinski definition) is 3. The van der Waals surface area contributed by atoms with Crippen LogP contribution in [0.15, 0.2) is 17.7 Å². The third-order valence-corrected chi connectivity index (χ3v) is 2.96. The number of carboxylic acid groups (broad SMARTS) is 1. The number of fused-ring (bicyclic) bond motifs is 1. The highest BCUT2D eigenvalue weighted by atomic mass is 16.5. The van der Waals surface area contributed by atoms with E-state index in [1.54, 1.807) is 20.1 Å². The number of aliphatic carboxylic acids is 1. The van der Waals surface area contributed by atoms with Crippen LogP contribution in [-0.2, 0) is 11.2 Å². The molecule has 4 nitrogen and oxygen atoms in total. The van der Waals surface area contributed by atoms with Crippen LogP contribution in [0.3, 0.4) is 0 Å². The maximum absolute atomic E-state index is 10.8. The Kier molecular flexibility index (Phi) is 3.28. The quantitative estimate of drug-likeness (QED) is 0.835. The summed E-state index contributed by atoms with van der Waals surface area (Å²) in [5.74, 6) is 0.548. The van der Waals surface area contributed by atoms with Gasteiger partial charge in [-0.15, -0.1) is 0 Å². The molecule has 0 bridgehead atoms. The smallest absolute Gasteiger partial charge is 0.331 e. The molecule has 0 aromatic heterocycles. The summed E-state index contributed by atoms with van der Waals surface area (Å²) in [6, 6.07) is 3.75. The maximum Gasteiger partial charge on any atom is 0.331 e. The van der Waals surface area contributed by atoms with Crippen LogP contribution in [0.1, 0.15) is 25.0 Å². The van der Waals surface area contributed by atoms with Crippen molar-refractivity contribution < 1.29 is 19.4 Å². The zero-order valence-electron chi connectivity index (χ0n) is 10.7. The first-order chi connectivity index (χ1) is 8.51. The largest absolute Gasteiger partial charge is 0.496 e. The predicted molar refractivity (Wildman–Crippen MR) is 68.1 cm³/mol. The Hall–Kier alpha value is -1.97. The minimum absolute atomic E-state index is 0.157. The van der Waals surface area contributed by atoms with Gasteiger partial charge in [0.1, 0.15) is 17.6 Å². The second kappa shape index (κ2) is 4.72. The average molecular weight is 248 g/mol. The molecule has 0 spiro atoms. The summed E-state index contributed by atoms with van der Waals surface area (Å²) in [7, 11) is 1.58. The zero-order chi connectivity index (χ0) is 13.3. The van der Waals surface area contributed by atoms with Crippen LogP contribution in [-0.4, -0.2) is 24.3 Å². The SMILES string of the molecule is COc1cc2c(cc1/C=C(/C)C(=O)O)OC(C)C2. The lowest BCUT2D eigenvalue weighted by Crippen LogP contribution is -2.05. The van der Waals surface area contributed by atoms with E-state index in [-0.39, 0.29) is 11.7 Å². The number of benzene rings is 1. The molecule has 1 aliphatic rings. The lowest BCUT2D eigenvalue weighted by atomic mass is 10.0. The van der Waals surface area contributed by atoms with Crippen molar-refractivity contribution in [2.24, 2.45) is 0 Å². The Labute approximate surface area is 106 Å². The molecule has 2 rings (SSSR count). The minimum atomic E-state index is -0.938. The summed E-state index contributed by atoms with van der Waals surface area (Å²) in [4.78, 5) is 10.8. The van der Waals surface area contributed by atoms with Crippen molar-refractivity contribution in [3.63, 3.8) is 0 Å². The summed E-state index contributed by atoms with van der Waals surface area (Å²) in [6.45, 7) is 3.56.